The van der Waals surface area contributed by atoms with Crippen molar-refractivity contribution in [3.8, 4) is 11.5 Å². The summed E-state index contributed by atoms with van der Waals surface area (Å²) in [4.78, 5) is 28.8. The lowest BCUT2D eigenvalue weighted by atomic mass is 10.1. The second-order valence-corrected chi connectivity index (χ2v) is 12.0. The van der Waals surface area contributed by atoms with Crippen molar-refractivity contribution >= 4 is 39.1 Å². The van der Waals surface area contributed by atoms with E-state index < -0.39 is 28.5 Å². The van der Waals surface area contributed by atoms with Gasteiger partial charge in [0.15, 0.2) is 0 Å². The van der Waals surface area contributed by atoms with Gasteiger partial charge in [-0.15, -0.1) is 0 Å². The summed E-state index contributed by atoms with van der Waals surface area (Å²) >= 11 is 6.38. The second kappa shape index (κ2) is 14.9. The van der Waals surface area contributed by atoms with Crippen LogP contribution >= 0.6 is 11.6 Å². The number of rotatable bonds is 14. The van der Waals surface area contributed by atoms with Gasteiger partial charge in [0.2, 0.25) is 11.8 Å². The van der Waals surface area contributed by atoms with E-state index >= 15 is 0 Å². The van der Waals surface area contributed by atoms with Crippen molar-refractivity contribution in [2.45, 2.75) is 51.1 Å². The van der Waals surface area contributed by atoms with E-state index in [9.17, 15) is 18.0 Å². The Kier molecular flexibility index (Phi) is 11.6. The molecule has 3 aromatic rings. The number of methoxy groups -OCH3 is 2. The molecule has 0 aromatic heterocycles. The minimum absolute atomic E-state index is 0.0138. The number of sulfonamides is 1. The molecule has 1 atom stereocenters. The first-order valence-corrected chi connectivity index (χ1v) is 15.5. The molecule has 1 N–H and O–H groups in total. The lowest BCUT2D eigenvalue weighted by molar-refractivity contribution is -0.140. The van der Waals surface area contributed by atoms with Crippen molar-refractivity contribution < 1.29 is 27.5 Å². The minimum atomic E-state index is -4.22. The Morgan fingerprint density at radius 1 is 0.976 bits per heavy atom. The molecule has 3 aromatic carbocycles. The van der Waals surface area contributed by atoms with Crippen LogP contribution in [0.5, 0.6) is 11.5 Å². The van der Waals surface area contributed by atoms with Crippen LogP contribution in [0.25, 0.3) is 0 Å². The van der Waals surface area contributed by atoms with Gasteiger partial charge in [0.1, 0.15) is 24.1 Å². The van der Waals surface area contributed by atoms with Gasteiger partial charge in [0.25, 0.3) is 10.0 Å². The van der Waals surface area contributed by atoms with Crippen LogP contribution in [0.15, 0.2) is 71.6 Å². The van der Waals surface area contributed by atoms with Crippen molar-refractivity contribution in [3.63, 3.8) is 0 Å². The predicted molar refractivity (Wildman–Crippen MR) is 165 cm³/mol. The number of ether oxygens (including phenoxy) is 2. The van der Waals surface area contributed by atoms with E-state index in [0.717, 1.165) is 21.9 Å². The molecule has 0 aliphatic carbocycles. The van der Waals surface area contributed by atoms with E-state index in [1.54, 1.807) is 43.5 Å². The largest absolute Gasteiger partial charge is 0.497 e. The van der Waals surface area contributed by atoms with Crippen LogP contribution in [0.4, 0.5) is 5.69 Å². The van der Waals surface area contributed by atoms with Crippen LogP contribution in [0.2, 0.25) is 5.02 Å². The van der Waals surface area contributed by atoms with Gasteiger partial charge in [0, 0.05) is 13.1 Å². The first-order chi connectivity index (χ1) is 20.0. The maximum atomic E-state index is 14.2. The van der Waals surface area contributed by atoms with E-state index in [2.05, 4.69) is 5.32 Å². The molecule has 0 saturated carbocycles. The number of aryl methyl sites for hydroxylation is 1. The summed E-state index contributed by atoms with van der Waals surface area (Å²) in [6.45, 7) is 5.55. The molecule has 0 bridgehead atoms. The van der Waals surface area contributed by atoms with Crippen molar-refractivity contribution in [2.75, 3.05) is 31.6 Å². The molecule has 11 heteroatoms. The van der Waals surface area contributed by atoms with E-state index in [-0.39, 0.29) is 28.1 Å². The van der Waals surface area contributed by atoms with Gasteiger partial charge in [-0.25, -0.2) is 8.42 Å². The van der Waals surface area contributed by atoms with Crippen molar-refractivity contribution in [2.24, 2.45) is 0 Å². The summed E-state index contributed by atoms with van der Waals surface area (Å²) in [5.41, 5.74) is 1.79. The van der Waals surface area contributed by atoms with Crippen molar-refractivity contribution in [1.82, 2.24) is 10.2 Å². The molecule has 0 radical (unpaired) electrons. The van der Waals surface area contributed by atoms with Crippen molar-refractivity contribution in [1.29, 1.82) is 0 Å². The second-order valence-electron chi connectivity index (χ2n) is 9.73. The molecular formula is C31H38ClN3O6S. The van der Waals surface area contributed by atoms with Gasteiger partial charge in [-0.05, 0) is 67.8 Å². The number of nitrogens with zero attached hydrogens (tertiary/aromatic N) is 2. The van der Waals surface area contributed by atoms with Crippen LogP contribution in [0.1, 0.15) is 37.8 Å². The highest BCUT2D eigenvalue weighted by molar-refractivity contribution is 7.92. The number of nitrogens with one attached hydrogen (secondary N) is 1. The zero-order chi connectivity index (χ0) is 30.9. The molecule has 0 aliphatic rings. The number of hydrogen-bond donors (Lipinski definition) is 1. The van der Waals surface area contributed by atoms with Gasteiger partial charge in [0.05, 0.1) is 29.8 Å². The summed E-state index contributed by atoms with van der Waals surface area (Å²) < 4.78 is 39.6. The van der Waals surface area contributed by atoms with E-state index in [1.807, 2.05) is 26.8 Å². The maximum absolute atomic E-state index is 14.2. The van der Waals surface area contributed by atoms with Crippen LogP contribution < -0.4 is 19.1 Å². The first kappa shape index (κ1) is 32.8. The number of carbonyl (C=O) groups excluding carboxylic acids is 2. The van der Waals surface area contributed by atoms with Gasteiger partial charge in [-0.2, -0.15) is 0 Å². The molecule has 0 fully saturated rings. The summed E-state index contributed by atoms with van der Waals surface area (Å²) in [7, 11) is -1.22. The zero-order valence-electron chi connectivity index (χ0n) is 24.6. The van der Waals surface area contributed by atoms with Crippen LogP contribution in [-0.4, -0.2) is 58.5 Å². The summed E-state index contributed by atoms with van der Waals surface area (Å²) in [6, 6.07) is 17.2. The lowest BCUT2D eigenvalue weighted by Gasteiger charge is -2.33. The SMILES string of the molecule is CCCNC(=O)[C@H](CC)N(Cc1cccc(OC)c1)C(=O)CN(c1ccc(OC)c(Cl)c1)S(=O)(=O)c1ccc(C)cc1. The Bertz CT molecular complexity index is 1480. The Balaban J connectivity index is 2.09. The van der Waals surface area contributed by atoms with Gasteiger partial charge < -0.3 is 19.7 Å². The Morgan fingerprint density at radius 3 is 2.29 bits per heavy atom. The number of carbonyl (C=O) groups is 2. The molecule has 0 spiro atoms. The van der Waals surface area contributed by atoms with Gasteiger partial charge >= 0.3 is 0 Å². The number of anilines is 1. The highest BCUT2D eigenvalue weighted by Crippen LogP contribution is 2.32. The molecule has 0 saturated heterocycles. The molecule has 0 heterocycles. The quantitative estimate of drug-likeness (QED) is 0.267. The van der Waals surface area contributed by atoms with Gasteiger partial charge in [-0.1, -0.05) is 55.3 Å². The third-order valence-electron chi connectivity index (χ3n) is 6.73. The van der Waals surface area contributed by atoms with E-state index in [4.69, 9.17) is 21.1 Å². The molecule has 2 amide bonds. The fourth-order valence-electron chi connectivity index (χ4n) is 4.43. The first-order valence-electron chi connectivity index (χ1n) is 13.7. The third kappa shape index (κ3) is 7.95. The normalized spacial score (nSPS) is 11.9. The molecule has 9 nitrogen and oxygen atoms in total. The number of benzene rings is 3. The summed E-state index contributed by atoms with van der Waals surface area (Å²) in [5.74, 6) is 0.0903. The van der Waals surface area contributed by atoms with Crippen LogP contribution in [0.3, 0.4) is 0 Å². The van der Waals surface area contributed by atoms with Crippen LogP contribution in [-0.2, 0) is 26.2 Å². The highest BCUT2D eigenvalue weighted by atomic mass is 35.5. The minimum Gasteiger partial charge on any atom is -0.497 e. The van der Waals surface area contributed by atoms with Crippen molar-refractivity contribution in [3.05, 3.63) is 82.9 Å². The molecule has 0 unspecified atom stereocenters. The summed E-state index contributed by atoms with van der Waals surface area (Å²) in [6.07, 6.45) is 1.05. The zero-order valence-corrected chi connectivity index (χ0v) is 26.2. The third-order valence-corrected chi connectivity index (χ3v) is 8.82. The van der Waals surface area contributed by atoms with Crippen LogP contribution in [0, 0.1) is 6.92 Å². The molecule has 0 aliphatic heterocycles. The topological polar surface area (TPSA) is 105 Å². The van der Waals surface area contributed by atoms with E-state index in [1.165, 1.54) is 36.3 Å². The van der Waals surface area contributed by atoms with Gasteiger partial charge in [-0.3, -0.25) is 13.9 Å². The predicted octanol–water partition coefficient (Wildman–Crippen LogP) is 5.19. The summed E-state index contributed by atoms with van der Waals surface area (Å²) in [5, 5.41) is 3.06. The average Bonchev–Trinajstić information content (AvgIpc) is 2.98. The molecule has 226 valence electrons. The maximum Gasteiger partial charge on any atom is 0.264 e. The average molecular weight is 616 g/mol. The molecular weight excluding hydrogens is 578 g/mol. The highest BCUT2D eigenvalue weighted by Gasteiger charge is 2.34. The van der Waals surface area contributed by atoms with E-state index in [0.29, 0.717) is 24.5 Å². The number of halogens is 1. The Labute approximate surface area is 253 Å². The number of amides is 2. The Hall–Kier alpha value is -3.76. The molecule has 3 rings (SSSR count). The number of hydrogen-bond acceptors (Lipinski definition) is 6. The standard InChI is InChI=1S/C31H38ClN3O6S/c1-6-17-33-31(37)28(7-2)34(20-23-9-8-10-25(18-23)40-4)30(36)21-35(24-13-16-29(41-5)27(32)19-24)42(38,39)26-14-11-22(3)12-15-26/h8-16,18-19,28H,6-7,17,20-21H2,1-5H3,(H,33,37)/t28-/m0/s1. The fourth-order valence-corrected chi connectivity index (χ4v) is 6.09. The Morgan fingerprint density at radius 2 is 1.69 bits per heavy atom. The lowest BCUT2D eigenvalue weighted by Crippen LogP contribution is -2.52. The molecule has 42 heavy (non-hydrogen) atoms. The smallest absolute Gasteiger partial charge is 0.264 e. The fraction of sp³-hybridized carbons (Fsp3) is 0.355. The monoisotopic (exact) mass is 615 g/mol.